The first-order valence-corrected chi connectivity index (χ1v) is 8.11. The largest absolute Gasteiger partial charge is 0.394 e. The predicted octanol–water partition coefficient (Wildman–Crippen LogP) is -1.16. The molecule has 9 heteroatoms. The van der Waals surface area contributed by atoms with Gasteiger partial charge in [-0.2, -0.15) is 4.98 Å². The fraction of sp³-hybridized carbons (Fsp3) is 0.562. The fourth-order valence-corrected chi connectivity index (χ4v) is 2.89. The highest BCUT2D eigenvalue weighted by Gasteiger charge is 2.45. The molecule has 1 aromatic heterocycles. The van der Waals surface area contributed by atoms with Crippen LogP contribution in [0.15, 0.2) is 11.6 Å². The first-order valence-electron chi connectivity index (χ1n) is 8.11. The molecule has 0 aromatic carbocycles. The van der Waals surface area contributed by atoms with Crippen molar-refractivity contribution in [2.75, 3.05) is 6.61 Å². The third kappa shape index (κ3) is 3.57. The number of rotatable bonds is 3. The highest BCUT2D eigenvalue weighted by Crippen LogP contribution is 2.29. The van der Waals surface area contributed by atoms with E-state index < -0.39 is 37.1 Å². The highest BCUT2D eigenvalue weighted by atomic mass is 16.6. The first-order chi connectivity index (χ1) is 12.0. The van der Waals surface area contributed by atoms with Gasteiger partial charge >= 0.3 is 0 Å². The molecule has 0 radical (unpaired) electrons. The van der Waals surface area contributed by atoms with E-state index in [1.54, 1.807) is 0 Å². The zero-order valence-electron chi connectivity index (χ0n) is 13.5. The zero-order valence-corrected chi connectivity index (χ0v) is 13.5. The summed E-state index contributed by atoms with van der Waals surface area (Å²) in [7, 11) is 0. The summed E-state index contributed by atoms with van der Waals surface area (Å²) in [6.45, 7) is -0.490. The second-order valence-corrected chi connectivity index (χ2v) is 6.02. The quantitative estimate of drug-likeness (QED) is 0.504. The molecular weight excluding hydrogens is 328 g/mol. The van der Waals surface area contributed by atoms with Crippen molar-refractivity contribution >= 4 is 5.91 Å². The summed E-state index contributed by atoms with van der Waals surface area (Å²) in [5.41, 5.74) is 6.31. The van der Waals surface area contributed by atoms with Crippen LogP contribution in [0.25, 0.3) is 0 Å². The van der Waals surface area contributed by atoms with Crippen molar-refractivity contribution < 1.29 is 24.9 Å². The maximum atomic E-state index is 11.6. The summed E-state index contributed by atoms with van der Waals surface area (Å²) in [5.74, 6) is 4.73. The smallest absolute Gasteiger partial charge is 0.286 e. The molecule has 0 bridgehead atoms. The Kier molecular flexibility index (Phi) is 5.15. The lowest BCUT2D eigenvalue weighted by Crippen LogP contribution is -2.34. The van der Waals surface area contributed by atoms with Crippen molar-refractivity contribution in [3.8, 4) is 11.8 Å². The van der Waals surface area contributed by atoms with Crippen LogP contribution in [0.1, 0.15) is 48.4 Å². The number of nitrogens with zero attached hydrogens (tertiary/aromatic N) is 3. The van der Waals surface area contributed by atoms with Crippen LogP contribution in [-0.2, 0) is 4.74 Å². The topological polar surface area (TPSA) is 144 Å². The van der Waals surface area contributed by atoms with Crippen LogP contribution in [-0.4, -0.2) is 60.9 Å². The second kappa shape index (κ2) is 7.33. The predicted molar refractivity (Wildman–Crippen MR) is 85.0 cm³/mol. The van der Waals surface area contributed by atoms with Crippen molar-refractivity contribution in [3.05, 3.63) is 23.3 Å². The minimum Gasteiger partial charge on any atom is -0.394 e. The third-order valence-electron chi connectivity index (χ3n) is 4.24. The fourth-order valence-electron chi connectivity index (χ4n) is 2.89. The van der Waals surface area contributed by atoms with E-state index in [1.807, 2.05) is 0 Å². The van der Waals surface area contributed by atoms with Gasteiger partial charge in [-0.3, -0.25) is 4.79 Å². The molecule has 0 saturated carbocycles. The molecule has 1 fully saturated rings. The number of nitrogens with two attached hydrogens (primary N) is 1. The van der Waals surface area contributed by atoms with E-state index in [0.29, 0.717) is 0 Å². The maximum Gasteiger partial charge on any atom is 0.286 e. The molecule has 25 heavy (non-hydrogen) atoms. The normalized spacial score (nSPS) is 29.0. The van der Waals surface area contributed by atoms with Crippen molar-refractivity contribution in [1.82, 2.24) is 14.8 Å². The third-order valence-corrected chi connectivity index (χ3v) is 4.24. The molecule has 2 heterocycles. The highest BCUT2D eigenvalue weighted by molar-refractivity contribution is 5.89. The summed E-state index contributed by atoms with van der Waals surface area (Å²) in [4.78, 5) is 15.6. The van der Waals surface area contributed by atoms with Gasteiger partial charge in [0.25, 0.3) is 5.91 Å². The Morgan fingerprint density at radius 1 is 1.36 bits per heavy atom. The number of hydrogen-bond acceptors (Lipinski definition) is 7. The first kappa shape index (κ1) is 17.6. The van der Waals surface area contributed by atoms with Crippen LogP contribution in [0, 0.1) is 11.8 Å². The van der Waals surface area contributed by atoms with Crippen LogP contribution >= 0.6 is 0 Å². The SMILES string of the molecule is NC(=O)c1nc(C#CC2=CCCCC2)nn1[C@@H]1O[C@H](CO)[C@@H](O)[C@H]1O. The van der Waals surface area contributed by atoms with Gasteiger partial charge in [0.15, 0.2) is 6.23 Å². The molecule has 1 aliphatic heterocycles. The van der Waals surface area contributed by atoms with E-state index in [9.17, 15) is 15.0 Å². The Balaban J connectivity index is 1.89. The lowest BCUT2D eigenvalue weighted by molar-refractivity contribution is -0.0595. The molecule has 1 aliphatic carbocycles. The lowest BCUT2D eigenvalue weighted by Gasteiger charge is -2.15. The van der Waals surface area contributed by atoms with Gasteiger partial charge in [0, 0.05) is 0 Å². The summed E-state index contributed by atoms with van der Waals surface area (Å²) in [6.07, 6.45) is 1.28. The minimum absolute atomic E-state index is 0.0676. The number of hydrogen-bond donors (Lipinski definition) is 4. The molecule has 2 aliphatic rings. The number of allylic oxidation sites excluding steroid dienone is 2. The molecule has 3 rings (SSSR count). The van der Waals surface area contributed by atoms with Gasteiger partial charge in [-0.25, -0.2) is 4.68 Å². The molecular formula is C16H20N4O5. The van der Waals surface area contributed by atoms with Crippen LogP contribution in [0.5, 0.6) is 0 Å². The van der Waals surface area contributed by atoms with Crippen molar-refractivity contribution in [3.63, 3.8) is 0 Å². The van der Waals surface area contributed by atoms with Gasteiger partial charge in [-0.1, -0.05) is 12.0 Å². The van der Waals surface area contributed by atoms with Gasteiger partial charge in [0.05, 0.1) is 6.61 Å². The Hall–Kier alpha value is -2.25. The molecule has 0 unspecified atom stereocenters. The molecule has 5 N–H and O–H groups in total. The van der Waals surface area contributed by atoms with Crippen molar-refractivity contribution in [1.29, 1.82) is 0 Å². The molecule has 1 saturated heterocycles. The Bertz CT molecular complexity index is 747. The van der Waals surface area contributed by atoms with E-state index in [0.717, 1.165) is 35.9 Å². The Labute approximate surface area is 144 Å². The number of carbonyl (C=O) groups is 1. The maximum absolute atomic E-state index is 11.6. The average Bonchev–Trinajstić information content (AvgIpc) is 3.16. The van der Waals surface area contributed by atoms with Crippen LogP contribution in [0.3, 0.4) is 0 Å². The Morgan fingerprint density at radius 3 is 2.76 bits per heavy atom. The summed E-state index contributed by atoms with van der Waals surface area (Å²) in [5, 5.41) is 33.2. The van der Waals surface area contributed by atoms with E-state index in [2.05, 4.69) is 28.0 Å². The number of ether oxygens (including phenoxy) is 1. The number of aromatic nitrogens is 3. The van der Waals surface area contributed by atoms with Crippen LogP contribution in [0.4, 0.5) is 0 Å². The molecule has 134 valence electrons. The van der Waals surface area contributed by atoms with Gasteiger partial charge in [0.2, 0.25) is 11.6 Å². The number of amides is 1. The summed E-state index contributed by atoms with van der Waals surface area (Å²) >= 11 is 0. The molecule has 9 nitrogen and oxygen atoms in total. The Morgan fingerprint density at radius 2 is 2.16 bits per heavy atom. The lowest BCUT2D eigenvalue weighted by atomic mass is 10.0. The molecule has 1 aromatic rings. The zero-order chi connectivity index (χ0) is 18.0. The van der Waals surface area contributed by atoms with Gasteiger partial charge in [0.1, 0.15) is 18.3 Å². The van der Waals surface area contributed by atoms with Crippen LogP contribution < -0.4 is 5.73 Å². The van der Waals surface area contributed by atoms with Crippen molar-refractivity contribution in [2.24, 2.45) is 5.73 Å². The van der Waals surface area contributed by atoms with E-state index >= 15 is 0 Å². The summed E-state index contributed by atoms with van der Waals surface area (Å²) < 4.78 is 6.37. The van der Waals surface area contributed by atoms with Gasteiger partial charge < -0.3 is 25.8 Å². The van der Waals surface area contributed by atoms with Gasteiger partial charge in [-0.05, 0) is 37.2 Å². The molecule has 0 spiro atoms. The van der Waals surface area contributed by atoms with Crippen LogP contribution in [0.2, 0.25) is 0 Å². The number of primary amides is 1. The van der Waals surface area contributed by atoms with E-state index in [-0.39, 0.29) is 11.6 Å². The average molecular weight is 348 g/mol. The minimum atomic E-state index is -1.39. The number of carbonyl (C=O) groups excluding carboxylic acids is 1. The molecule has 1 amide bonds. The van der Waals surface area contributed by atoms with E-state index in [4.69, 9.17) is 15.6 Å². The number of aliphatic hydroxyl groups excluding tert-OH is 3. The number of aliphatic hydroxyl groups is 3. The monoisotopic (exact) mass is 348 g/mol. The van der Waals surface area contributed by atoms with E-state index in [1.165, 1.54) is 0 Å². The van der Waals surface area contributed by atoms with Gasteiger partial charge in [-0.15, -0.1) is 5.10 Å². The summed E-state index contributed by atoms with van der Waals surface area (Å²) in [6, 6.07) is 0. The van der Waals surface area contributed by atoms with Crippen molar-refractivity contribution in [2.45, 2.75) is 50.2 Å². The standard InChI is InChI=1S/C16H20N4O5/c17-14(24)15-18-11(7-6-9-4-2-1-3-5-9)19-20(15)16-13(23)12(22)10(8-21)25-16/h4,10,12-13,16,21-23H,1-3,5,8H2,(H2,17,24)/t10-,12-,13-,16-/m1/s1. The second-order valence-electron chi connectivity index (χ2n) is 6.02. The molecule has 4 atom stereocenters.